The van der Waals surface area contributed by atoms with Crippen LogP contribution in [-0.2, 0) is 9.84 Å². The minimum absolute atomic E-state index is 0.0165. The zero-order chi connectivity index (χ0) is 19.8. The number of halogens is 2. The number of amides is 1. The topological polar surface area (TPSA) is 91.9 Å². The van der Waals surface area contributed by atoms with Crippen LogP contribution in [0.2, 0.25) is 0 Å². The molecule has 2 N–H and O–H groups in total. The Morgan fingerprint density at radius 3 is 2.59 bits per heavy atom. The second kappa shape index (κ2) is 6.92. The largest absolute Gasteiger partial charge is 0.305 e. The molecule has 0 atom stereocenters. The highest BCUT2D eigenvalue weighted by Gasteiger charge is 2.17. The van der Waals surface area contributed by atoms with E-state index in [1.807, 2.05) is 0 Å². The van der Waals surface area contributed by atoms with Crippen LogP contribution in [0.1, 0.15) is 15.9 Å². The third-order valence-electron chi connectivity index (χ3n) is 3.94. The van der Waals surface area contributed by atoms with Gasteiger partial charge in [-0.05, 0) is 36.8 Å². The average Bonchev–Trinajstić information content (AvgIpc) is 3.04. The van der Waals surface area contributed by atoms with Gasteiger partial charge in [0.1, 0.15) is 0 Å². The molecule has 140 valence electrons. The zero-order valence-electron chi connectivity index (χ0n) is 14.4. The summed E-state index contributed by atoms with van der Waals surface area (Å²) in [6.45, 7) is 1.67. The van der Waals surface area contributed by atoms with E-state index in [4.69, 9.17) is 0 Å². The van der Waals surface area contributed by atoms with Crippen LogP contribution in [0.25, 0.3) is 11.3 Å². The molecule has 0 fully saturated rings. The Hall–Kier alpha value is -3.07. The molecule has 0 radical (unpaired) electrons. The van der Waals surface area contributed by atoms with Crippen molar-refractivity contribution in [2.24, 2.45) is 0 Å². The van der Waals surface area contributed by atoms with Crippen LogP contribution in [-0.4, -0.2) is 30.8 Å². The molecule has 1 amide bonds. The summed E-state index contributed by atoms with van der Waals surface area (Å²) >= 11 is 0. The Morgan fingerprint density at radius 1 is 1.15 bits per heavy atom. The summed E-state index contributed by atoms with van der Waals surface area (Å²) < 4.78 is 50.6. The van der Waals surface area contributed by atoms with E-state index < -0.39 is 27.4 Å². The van der Waals surface area contributed by atoms with Gasteiger partial charge in [0.05, 0.1) is 10.6 Å². The van der Waals surface area contributed by atoms with Crippen LogP contribution in [0.15, 0.2) is 47.4 Å². The van der Waals surface area contributed by atoms with Crippen molar-refractivity contribution in [3.63, 3.8) is 0 Å². The molecule has 27 heavy (non-hydrogen) atoms. The fourth-order valence-electron chi connectivity index (χ4n) is 2.50. The maximum absolute atomic E-state index is 13.9. The Labute approximate surface area is 154 Å². The average molecular weight is 391 g/mol. The first kappa shape index (κ1) is 18.7. The molecular formula is C18H15F2N3O3S. The highest BCUT2D eigenvalue weighted by atomic mass is 32.2. The quantitative estimate of drug-likeness (QED) is 0.714. The van der Waals surface area contributed by atoms with Crippen molar-refractivity contribution >= 4 is 21.6 Å². The van der Waals surface area contributed by atoms with E-state index in [0.29, 0.717) is 5.56 Å². The molecule has 0 unspecified atom stereocenters. The first-order chi connectivity index (χ1) is 12.7. The van der Waals surface area contributed by atoms with Gasteiger partial charge in [0.25, 0.3) is 5.91 Å². The number of nitrogens with zero attached hydrogens (tertiary/aromatic N) is 1. The number of anilines is 1. The molecule has 0 spiro atoms. The molecule has 0 bridgehead atoms. The fraction of sp³-hybridized carbons (Fsp3) is 0.111. The van der Waals surface area contributed by atoms with Crippen molar-refractivity contribution in [3.05, 3.63) is 65.2 Å². The number of carbonyl (C=O) groups excluding carboxylic acids is 1. The summed E-state index contributed by atoms with van der Waals surface area (Å²) in [5, 5.41) is 8.90. The molecule has 3 rings (SSSR count). The number of aryl methyl sites for hydroxylation is 1. The van der Waals surface area contributed by atoms with Crippen LogP contribution in [0, 0.1) is 18.6 Å². The SMILES string of the molecule is Cc1ccc(S(C)(=O)=O)cc1C(=O)Nc1cc(-c2cccc(F)c2F)[nH]n1. The number of benzene rings is 2. The minimum Gasteiger partial charge on any atom is -0.305 e. The third-order valence-corrected chi connectivity index (χ3v) is 5.05. The lowest BCUT2D eigenvalue weighted by Gasteiger charge is -2.07. The zero-order valence-corrected chi connectivity index (χ0v) is 15.2. The smallest absolute Gasteiger partial charge is 0.257 e. The standard InChI is InChI=1S/C18H15F2N3O3S/c1-10-6-7-11(27(2,25)26)8-13(10)18(24)21-16-9-15(22-23-16)12-4-3-5-14(19)17(12)20/h3-9H,1-2H3,(H2,21,22,23,24). The van der Waals surface area contributed by atoms with Crippen molar-refractivity contribution in [2.45, 2.75) is 11.8 Å². The molecular weight excluding hydrogens is 376 g/mol. The number of hydrogen-bond donors (Lipinski definition) is 2. The van der Waals surface area contributed by atoms with Gasteiger partial charge in [0.15, 0.2) is 27.3 Å². The van der Waals surface area contributed by atoms with Gasteiger partial charge in [0.2, 0.25) is 0 Å². The first-order valence-corrected chi connectivity index (χ1v) is 9.68. The van der Waals surface area contributed by atoms with Crippen LogP contribution < -0.4 is 5.32 Å². The number of aromatic nitrogens is 2. The van der Waals surface area contributed by atoms with Gasteiger partial charge in [-0.2, -0.15) is 5.10 Å². The maximum Gasteiger partial charge on any atom is 0.257 e. The molecule has 3 aromatic rings. The van der Waals surface area contributed by atoms with Crippen molar-refractivity contribution in [3.8, 4) is 11.3 Å². The fourth-order valence-corrected chi connectivity index (χ4v) is 3.14. The number of carbonyl (C=O) groups is 1. The van der Waals surface area contributed by atoms with Crippen LogP contribution >= 0.6 is 0 Å². The van der Waals surface area contributed by atoms with E-state index in [-0.39, 0.29) is 27.5 Å². The molecule has 0 aliphatic carbocycles. The lowest BCUT2D eigenvalue weighted by atomic mass is 10.1. The number of hydrogen-bond acceptors (Lipinski definition) is 4. The van der Waals surface area contributed by atoms with E-state index in [1.54, 1.807) is 6.92 Å². The highest BCUT2D eigenvalue weighted by molar-refractivity contribution is 7.90. The molecule has 1 aromatic heterocycles. The third kappa shape index (κ3) is 3.87. The summed E-state index contributed by atoms with van der Waals surface area (Å²) in [5.41, 5.74) is 0.897. The number of sulfone groups is 1. The van der Waals surface area contributed by atoms with E-state index in [1.165, 1.54) is 36.4 Å². The van der Waals surface area contributed by atoms with E-state index in [2.05, 4.69) is 15.5 Å². The molecule has 0 aliphatic rings. The Kier molecular flexibility index (Phi) is 4.79. The van der Waals surface area contributed by atoms with Crippen LogP contribution in [0.4, 0.5) is 14.6 Å². The second-order valence-corrected chi connectivity index (χ2v) is 7.99. The maximum atomic E-state index is 13.9. The Morgan fingerprint density at radius 2 is 1.89 bits per heavy atom. The molecule has 0 saturated heterocycles. The molecule has 6 nitrogen and oxygen atoms in total. The predicted octanol–water partition coefficient (Wildman–Crippen LogP) is 3.32. The number of nitrogens with one attached hydrogen (secondary N) is 2. The summed E-state index contributed by atoms with van der Waals surface area (Å²) in [6.07, 6.45) is 1.05. The molecule has 9 heteroatoms. The molecule has 0 saturated carbocycles. The lowest BCUT2D eigenvalue weighted by molar-refractivity contribution is 0.102. The van der Waals surface area contributed by atoms with Gasteiger partial charge in [-0.3, -0.25) is 9.89 Å². The number of rotatable bonds is 4. The molecule has 0 aliphatic heterocycles. The summed E-state index contributed by atoms with van der Waals surface area (Å²) in [6, 6.07) is 9.30. The summed E-state index contributed by atoms with van der Waals surface area (Å²) in [4.78, 5) is 12.5. The molecule has 2 aromatic carbocycles. The van der Waals surface area contributed by atoms with Crippen molar-refractivity contribution < 1.29 is 22.0 Å². The van der Waals surface area contributed by atoms with Crippen molar-refractivity contribution in [1.82, 2.24) is 10.2 Å². The number of H-pyrrole nitrogens is 1. The van der Waals surface area contributed by atoms with Crippen molar-refractivity contribution in [2.75, 3.05) is 11.6 Å². The Balaban J connectivity index is 1.88. The van der Waals surface area contributed by atoms with Gasteiger partial charge in [-0.15, -0.1) is 0 Å². The van der Waals surface area contributed by atoms with Gasteiger partial charge >= 0.3 is 0 Å². The van der Waals surface area contributed by atoms with Crippen LogP contribution in [0.5, 0.6) is 0 Å². The van der Waals surface area contributed by atoms with E-state index >= 15 is 0 Å². The lowest BCUT2D eigenvalue weighted by Crippen LogP contribution is -2.14. The van der Waals surface area contributed by atoms with E-state index in [9.17, 15) is 22.0 Å². The van der Waals surface area contributed by atoms with Gasteiger partial charge in [-0.25, -0.2) is 17.2 Å². The highest BCUT2D eigenvalue weighted by Crippen LogP contribution is 2.25. The summed E-state index contributed by atoms with van der Waals surface area (Å²) in [7, 11) is -3.47. The van der Waals surface area contributed by atoms with Gasteiger partial charge in [0, 0.05) is 23.4 Å². The second-order valence-electron chi connectivity index (χ2n) is 5.97. The first-order valence-electron chi connectivity index (χ1n) is 7.78. The molecule has 1 heterocycles. The van der Waals surface area contributed by atoms with Crippen LogP contribution in [0.3, 0.4) is 0 Å². The number of aromatic amines is 1. The minimum atomic E-state index is -3.47. The van der Waals surface area contributed by atoms with Gasteiger partial charge in [-0.1, -0.05) is 12.1 Å². The predicted molar refractivity (Wildman–Crippen MR) is 96.2 cm³/mol. The Bertz CT molecular complexity index is 1140. The van der Waals surface area contributed by atoms with Crippen molar-refractivity contribution in [1.29, 1.82) is 0 Å². The summed E-state index contributed by atoms with van der Waals surface area (Å²) in [5.74, 6) is -2.52. The monoisotopic (exact) mass is 391 g/mol. The van der Waals surface area contributed by atoms with E-state index in [0.717, 1.165) is 12.3 Å². The normalized spacial score (nSPS) is 11.4. The van der Waals surface area contributed by atoms with Gasteiger partial charge < -0.3 is 5.32 Å².